The van der Waals surface area contributed by atoms with Crippen LogP contribution in [0.3, 0.4) is 0 Å². The topological polar surface area (TPSA) is 126 Å². The lowest BCUT2D eigenvalue weighted by Crippen LogP contribution is -2.46. The number of nitrogens with zero attached hydrogens (tertiary/aromatic N) is 9. The lowest BCUT2D eigenvalue weighted by Gasteiger charge is -2.34. The molecule has 216 valence electrons. The van der Waals surface area contributed by atoms with Crippen molar-refractivity contribution < 1.29 is 0 Å². The molecule has 2 N–H and O–H groups in total. The maximum atomic E-state index is 9.16. The van der Waals surface area contributed by atoms with Gasteiger partial charge in [0.25, 0.3) is 0 Å². The van der Waals surface area contributed by atoms with Gasteiger partial charge in [0.2, 0.25) is 5.95 Å². The summed E-state index contributed by atoms with van der Waals surface area (Å²) in [6.07, 6.45) is 3.31. The number of nitrogen functional groups attached to an aromatic ring is 1. The van der Waals surface area contributed by atoms with Gasteiger partial charge >= 0.3 is 0 Å². The zero-order chi connectivity index (χ0) is 30.0. The van der Waals surface area contributed by atoms with Crippen molar-refractivity contribution >= 4 is 34.5 Å². The molecule has 1 aliphatic heterocycles. The molecule has 1 aliphatic rings. The first-order chi connectivity index (χ1) is 21.6. The van der Waals surface area contributed by atoms with Crippen molar-refractivity contribution in [3.63, 3.8) is 0 Å². The molecule has 4 aromatic heterocycles. The molecule has 0 amide bonds. The molecule has 0 radical (unpaired) electrons. The number of rotatable bonds is 6. The lowest BCUT2D eigenvalue weighted by atomic mass is 10.1. The van der Waals surface area contributed by atoms with E-state index in [-0.39, 0.29) is 0 Å². The summed E-state index contributed by atoms with van der Waals surface area (Å²) < 4.78 is 2.03. The molecule has 44 heavy (non-hydrogen) atoms. The average molecular weight is 599 g/mol. The van der Waals surface area contributed by atoms with E-state index in [2.05, 4.69) is 55.1 Å². The van der Waals surface area contributed by atoms with Crippen LogP contribution in [-0.2, 0) is 6.54 Å². The van der Waals surface area contributed by atoms with Gasteiger partial charge in [0, 0.05) is 61.4 Å². The maximum absolute atomic E-state index is 9.16. The fourth-order valence-electron chi connectivity index (χ4n) is 5.49. The number of nitrogens with two attached hydrogens (primary N) is 1. The van der Waals surface area contributed by atoms with E-state index >= 15 is 0 Å². The van der Waals surface area contributed by atoms with Crippen molar-refractivity contribution in [1.82, 2.24) is 34.4 Å². The summed E-state index contributed by atoms with van der Waals surface area (Å²) in [7, 11) is 0. The van der Waals surface area contributed by atoms with Gasteiger partial charge in [0.05, 0.1) is 11.3 Å². The second-order valence-electron chi connectivity index (χ2n) is 10.5. The molecule has 2 aromatic carbocycles. The van der Waals surface area contributed by atoms with E-state index in [1.54, 1.807) is 18.5 Å². The number of hydrogen-bond acceptors (Lipinski definition) is 9. The van der Waals surface area contributed by atoms with Gasteiger partial charge in [0.15, 0.2) is 11.5 Å². The van der Waals surface area contributed by atoms with Crippen molar-refractivity contribution in [2.24, 2.45) is 0 Å². The Bertz CT molecular complexity index is 2010. The molecule has 0 saturated carbocycles. The number of hydrogen-bond donors (Lipinski definition) is 1. The number of piperazine rings is 1. The van der Waals surface area contributed by atoms with E-state index in [0.29, 0.717) is 34.0 Å². The Morgan fingerprint density at radius 3 is 2.36 bits per heavy atom. The molecule has 11 heteroatoms. The third-order valence-electron chi connectivity index (χ3n) is 7.75. The minimum atomic E-state index is 0.382. The second kappa shape index (κ2) is 11.7. The van der Waals surface area contributed by atoms with Crippen LogP contribution >= 0.6 is 11.6 Å². The Morgan fingerprint density at radius 1 is 0.795 bits per heavy atom. The number of benzene rings is 2. The zero-order valence-electron chi connectivity index (χ0n) is 23.7. The van der Waals surface area contributed by atoms with Crippen LogP contribution in [0.25, 0.3) is 39.5 Å². The molecule has 0 aliphatic carbocycles. The number of imidazole rings is 1. The number of nitriles is 1. The number of pyridine rings is 2. The quantitative estimate of drug-likeness (QED) is 0.269. The van der Waals surface area contributed by atoms with E-state index in [4.69, 9.17) is 32.6 Å². The largest absolute Gasteiger partial charge is 0.383 e. The smallest absolute Gasteiger partial charge is 0.226 e. The summed E-state index contributed by atoms with van der Waals surface area (Å²) in [6, 6.07) is 27.5. The van der Waals surface area contributed by atoms with E-state index in [9.17, 15) is 0 Å². The summed E-state index contributed by atoms with van der Waals surface area (Å²) in [5.74, 6) is 1.67. The summed E-state index contributed by atoms with van der Waals surface area (Å²) in [5.41, 5.74) is 12.6. The van der Waals surface area contributed by atoms with Crippen LogP contribution in [0.15, 0.2) is 91.3 Å². The molecule has 7 rings (SSSR count). The predicted octanol–water partition coefficient (Wildman–Crippen LogP) is 5.37. The van der Waals surface area contributed by atoms with E-state index in [1.165, 1.54) is 5.56 Å². The first kappa shape index (κ1) is 27.5. The molecule has 0 unspecified atom stereocenters. The van der Waals surface area contributed by atoms with Gasteiger partial charge in [-0.15, -0.1) is 0 Å². The highest BCUT2D eigenvalue weighted by Gasteiger charge is 2.21. The minimum Gasteiger partial charge on any atom is -0.383 e. The van der Waals surface area contributed by atoms with Crippen LogP contribution in [0.2, 0.25) is 5.02 Å². The third kappa shape index (κ3) is 5.30. The Balaban J connectivity index is 1.18. The van der Waals surface area contributed by atoms with Gasteiger partial charge in [-0.3, -0.25) is 9.47 Å². The van der Waals surface area contributed by atoms with Gasteiger partial charge < -0.3 is 10.6 Å². The molecular weight excluding hydrogens is 572 g/mol. The summed E-state index contributed by atoms with van der Waals surface area (Å²) in [6.45, 7) is 4.14. The number of anilines is 2. The predicted molar refractivity (Wildman–Crippen MR) is 171 cm³/mol. The molecule has 0 atom stereocenters. The standard InChI is InChI=1S/C33H27ClN10/c34-27-6-2-1-4-25(27)28-11-12-29-32(40-28)44(31(41-29)26-5-3-14-37-30(26)36)24-9-7-22(8-10-24)21-42-16-18-43(19-17-42)33-38-15-13-23(20-35)39-33/h1-15H,16-19,21H2,(H2,36,37). The summed E-state index contributed by atoms with van der Waals surface area (Å²) >= 11 is 6.53. The molecule has 1 fully saturated rings. The molecule has 6 aromatic rings. The van der Waals surface area contributed by atoms with Crippen LogP contribution in [-0.4, -0.2) is 60.6 Å². The van der Waals surface area contributed by atoms with Crippen LogP contribution in [0.4, 0.5) is 11.8 Å². The van der Waals surface area contributed by atoms with E-state index < -0.39 is 0 Å². The Labute approximate surface area is 259 Å². The SMILES string of the molecule is N#Cc1ccnc(N2CCN(Cc3ccc(-n4c(-c5cccnc5N)nc5ccc(-c6ccccc6Cl)nc54)cc3)CC2)n1. The molecule has 0 spiro atoms. The van der Waals surface area contributed by atoms with Gasteiger partial charge in [-0.25, -0.2) is 24.9 Å². The maximum Gasteiger partial charge on any atom is 0.226 e. The van der Waals surface area contributed by atoms with Crippen LogP contribution < -0.4 is 10.6 Å². The number of aromatic nitrogens is 6. The Kier molecular flexibility index (Phi) is 7.32. The average Bonchev–Trinajstić information content (AvgIpc) is 3.44. The fraction of sp³-hybridized carbons (Fsp3) is 0.152. The molecule has 10 nitrogen and oxygen atoms in total. The Hall–Kier alpha value is -5.37. The van der Waals surface area contributed by atoms with Crippen molar-refractivity contribution in [2.45, 2.75) is 6.54 Å². The molecule has 1 saturated heterocycles. The molecule has 5 heterocycles. The zero-order valence-corrected chi connectivity index (χ0v) is 24.4. The first-order valence-electron chi connectivity index (χ1n) is 14.2. The third-order valence-corrected chi connectivity index (χ3v) is 8.08. The lowest BCUT2D eigenvalue weighted by molar-refractivity contribution is 0.248. The second-order valence-corrected chi connectivity index (χ2v) is 10.9. The van der Waals surface area contributed by atoms with Gasteiger partial charge in [-0.05, 0) is 54.1 Å². The Morgan fingerprint density at radius 2 is 1.59 bits per heavy atom. The number of fused-ring (bicyclic) bond motifs is 1. The van der Waals surface area contributed by atoms with Gasteiger partial charge in [0.1, 0.15) is 23.1 Å². The van der Waals surface area contributed by atoms with Crippen molar-refractivity contribution in [1.29, 1.82) is 5.26 Å². The van der Waals surface area contributed by atoms with Crippen LogP contribution in [0, 0.1) is 11.3 Å². The van der Waals surface area contributed by atoms with Crippen molar-refractivity contribution in [3.05, 3.63) is 108 Å². The van der Waals surface area contributed by atoms with E-state index in [0.717, 1.165) is 60.7 Å². The summed E-state index contributed by atoms with van der Waals surface area (Å²) in [4.78, 5) is 27.5. The highest BCUT2D eigenvalue weighted by molar-refractivity contribution is 6.33. The van der Waals surface area contributed by atoms with Gasteiger partial charge in [-0.2, -0.15) is 5.26 Å². The van der Waals surface area contributed by atoms with Crippen molar-refractivity contribution in [3.8, 4) is 34.4 Å². The molecular formula is C33H27ClN10. The normalized spacial score (nSPS) is 13.7. The molecule has 0 bridgehead atoms. The first-order valence-corrected chi connectivity index (χ1v) is 14.6. The van der Waals surface area contributed by atoms with Gasteiger partial charge in [-0.1, -0.05) is 41.9 Å². The fourth-order valence-corrected chi connectivity index (χ4v) is 5.72. The van der Waals surface area contributed by atoms with E-state index in [1.807, 2.05) is 53.1 Å². The summed E-state index contributed by atoms with van der Waals surface area (Å²) in [5, 5.41) is 9.80. The van der Waals surface area contributed by atoms with Crippen LogP contribution in [0.1, 0.15) is 11.3 Å². The van der Waals surface area contributed by atoms with Crippen LogP contribution in [0.5, 0.6) is 0 Å². The highest BCUT2D eigenvalue weighted by Crippen LogP contribution is 2.33. The highest BCUT2D eigenvalue weighted by atomic mass is 35.5. The number of halogens is 1. The monoisotopic (exact) mass is 598 g/mol. The van der Waals surface area contributed by atoms with Crippen molar-refractivity contribution in [2.75, 3.05) is 36.8 Å². The minimum absolute atomic E-state index is 0.382.